The Bertz CT molecular complexity index is 411. The summed E-state index contributed by atoms with van der Waals surface area (Å²) in [5.41, 5.74) is 5.77. The zero-order valence-electron chi connectivity index (χ0n) is 12.1. The minimum atomic E-state index is -3.40. The molecule has 118 valence electrons. The third-order valence-corrected chi connectivity index (χ3v) is 6.05. The van der Waals surface area contributed by atoms with E-state index in [-0.39, 0.29) is 30.6 Å². The smallest absolute Gasteiger partial charge is 0.303 e. The van der Waals surface area contributed by atoms with Crippen molar-refractivity contribution in [2.75, 3.05) is 18.8 Å². The summed E-state index contributed by atoms with van der Waals surface area (Å²) < 4.78 is 26.3. The van der Waals surface area contributed by atoms with Crippen molar-refractivity contribution in [2.45, 2.75) is 51.5 Å². The zero-order valence-corrected chi connectivity index (χ0v) is 12.9. The van der Waals surface area contributed by atoms with Gasteiger partial charge in [0.1, 0.15) is 0 Å². The Morgan fingerprint density at radius 3 is 2.55 bits per heavy atom. The molecule has 0 radical (unpaired) electrons. The molecule has 0 aliphatic heterocycles. The molecule has 1 rings (SSSR count). The fourth-order valence-electron chi connectivity index (χ4n) is 3.00. The van der Waals surface area contributed by atoms with Crippen LogP contribution in [0, 0.1) is 5.92 Å². The van der Waals surface area contributed by atoms with Crippen molar-refractivity contribution in [3.8, 4) is 0 Å². The third-order valence-electron chi connectivity index (χ3n) is 4.00. The molecule has 2 unspecified atom stereocenters. The van der Waals surface area contributed by atoms with Gasteiger partial charge in [-0.3, -0.25) is 4.79 Å². The fourth-order valence-corrected chi connectivity index (χ4v) is 4.83. The summed E-state index contributed by atoms with van der Waals surface area (Å²) >= 11 is 0. The van der Waals surface area contributed by atoms with Crippen LogP contribution in [0.4, 0.5) is 0 Å². The minimum Gasteiger partial charge on any atom is -0.481 e. The normalized spacial score (nSPS) is 23.9. The van der Waals surface area contributed by atoms with Gasteiger partial charge in [0, 0.05) is 19.0 Å². The second-order valence-corrected chi connectivity index (χ2v) is 7.41. The van der Waals surface area contributed by atoms with E-state index in [1.807, 2.05) is 6.92 Å². The number of carbonyl (C=O) groups is 1. The van der Waals surface area contributed by atoms with E-state index in [1.165, 1.54) is 0 Å². The second kappa shape index (κ2) is 7.95. The number of nitrogens with zero attached hydrogens (tertiary/aromatic N) is 1. The van der Waals surface area contributed by atoms with E-state index in [9.17, 15) is 13.2 Å². The lowest BCUT2D eigenvalue weighted by Gasteiger charge is -2.38. The van der Waals surface area contributed by atoms with Crippen LogP contribution < -0.4 is 5.73 Å². The topological polar surface area (TPSA) is 101 Å². The van der Waals surface area contributed by atoms with Gasteiger partial charge in [-0.15, -0.1) is 0 Å². The van der Waals surface area contributed by atoms with Crippen LogP contribution in [0.25, 0.3) is 0 Å². The highest BCUT2D eigenvalue weighted by molar-refractivity contribution is 7.89. The molecule has 1 saturated carbocycles. The Kier molecular flexibility index (Phi) is 6.91. The maximum Gasteiger partial charge on any atom is 0.303 e. The predicted octanol–water partition coefficient (Wildman–Crippen LogP) is 1.02. The molecule has 3 N–H and O–H groups in total. The molecule has 0 spiro atoms. The van der Waals surface area contributed by atoms with E-state index < -0.39 is 16.0 Å². The highest BCUT2D eigenvalue weighted by Crippen LogP contribution is 2.29. The van der Waals surface area contributed by atoms with Crippen molar-refractivity contribution in [3.05, 3.63) is 0 Å². The quantitative estimate of drug-likeness (QED) is 0.697. The number of hydrogen-bond donors (Lipinski definition) is 2. The highest BCUT2D eigenvalue weighted by Gasteiger charge is 2.34. The number of nitrogens with two attached hydrogens (primary N) is 1. The molecular formula is C13H26N2O4S. The summed E-state index contributed by atoms with van der Waals surface area (Å²) in [4.78, 5) is 10.5. The van der Waals surface area contributed by atoms with E-state index in [1.54, 1.807) is 4.31 Å². The Morgan fingerprint density at radius 2 is 2.00 bits per heavy atom. The van der Waals surface area contributed by atoms with Gasteiger partial charge in [0.2, 0.25) is 10.0 Å². The molecule has 2 atom stereocenters. The van der Waals surface area contributed by atoms with Crippen molar-refractivity contribution >= 4 is 16.0 Å². The highest BCUT2D eigenvalue weighted by atomic mass is 32.2. The summed E-state index contributed by atoms with van der Waals surface area (Å²) in [6.45, 7) is 2.76. The van der Waals surface area contributed by atoms with E-state index in [0.29, 0.717) is 13.1 Å². The molecule has 0 heterocycles. The average molecular weight is 306 g/mol. The van der Waals surface area contributed by atoms with Crippen LogP contribution in [-0.2, 0) is 14.8 Å². The van der Waals surface area contributed by atoms with Crippen LogP contribution >= 0.6 is 0 Å². The standard InChI is InChI=1S/C13H26N2O4S/c1-2-15(12-7-4-3-6-11(12)10-14)20(18,19)9-5-8-13(16)17/h11-12H,2-10,14H2,1H3,(H,16,17). The molecule has 0 aromatic carbocycles. The number of sulfonamides is 1. The number of rotatable bonds is 8. The minimum absolute atomic E-state index is 0.0198. The number of aliphatic carboxylic acids is 1. The maximum atomic E-state index is 12.4. The number of carboxylic acids is 1. The van der Waals surface area contributed by atoms with Crippen LogP contribution in [0.2, 0.25) is 0 Å². The maximum absolute atomic E-state index is 12.4. The fraction of sp³-hybridized carbons (Fsp3) is 0.923. The molecule has 0 amide bonds. The molecular weight excluding hydrogens is 280 g/mol. The zero-order chi connectivity index (χ0) is 15.2. The van der Waals surface area contributed by atoms with Gasteiger partial charge in [0.05, 0.1) is 5.75 Å². The lowest BCUT2D eigenvalue weighted by atomic mass is 9.84. The van der Waals surface area contributed by atoms with E-state index in [2.05, 4.69) is 0 Å². The van der Waals surface area contributed by atoms with Gasteiger partial charge in [0.15, 0.2) is 0 Å². The van der Waals surface area contributed by atoms with Crippen molar-refractivity contribution in [1.29, 1.82) is 0 Å². The first kappa shape index (κ1) is 17.4. The van der Waals surface area contributed by atoms with Crippen molar-refractivity contribution < 1.29 is 18.3 Å². The average Bonchev–Trinajstić information content (AvgIpc) is 2.39. The van der Waals surface area contributed by atoms with E-state index in [4.69, 9.17) is 10.8 Å². The van der Waals surface area contributed by atoms with E-state index >= 15 is 0 Å². The number of hydrogen-bond acceptors (Lipinski definition) is 4. The van der Waals surface area contributed by atoms with Gasteiger partial charge < -0.3 is 10.8 Å². The third kappa shape index (κ3) is 4.71. The molecule has 0 aromatic heterocycles. The molecule has 0 saturated heterocycles. The summed E-state index contributed by atoms with van der Waals surface area (Å²) in [7, 11) is -3.40. The Balaban J connectivity index is 2.73. The molecule has 20 heavy (non-hydrogen) atoms. The largest absolute Gasteiger partial charge is 0.481 e. The molecule has 1 aliphatic rings. The lowest BCUT2D eigenvalue weighted by Crippen LogP contribution is -2.48. The summed E-state index contributed by atoms with van der Waals surface area (Å²) in [5, 5.41) is 8.61. The van der Waals surface area contributed by atoms with Crippen LogP contribution in [0.15, 0.2) is 0 Å². The number of carboxylic acid groups (broad SMARTS) is 1. The summed E-state index contributed by atoms with van der Waals surface area (Å²) in [6, 6.07) is -0.0198. The lowest BCUT2D eigenvalue weighted by molar-refractivity contribution is -0.137. The van der Waals surface area contributed by atoms with Gasteiger partial charge in [-0.05, 0) is 31.7 Å². The first-order valence-corrected chi connectivity index (χ1v) is 8.94. The first-order chi connectivity index (χ1) is 9.42. The van der Waals surface area contributed by atoms with Gasteiger partial charge in [-0.2, -0.15) is 4.31 Å². The van der Waals surface area contributed by atoms with Crippen molar-refractivity contribution in [3.63, 3.8) is 0 Å². The predicted molar refractivity (Wildman–Crippen MR) is 77.8 cm³/mol. The van der Waals surface area contributed by atoms with Gasteiger partial charge >= 0.3 is 5.97 Å². The van der Waals surface area contributed by atoms with Gasteiger partial charge in [-0.25, -0.2) is 8.42 Å². The monoisotopic (exact) mass is 306 g/mol. The van der Waals surface area contributed by atoms with Crippen molar-refractivity contribution in [1.82, 2.24) is 4.31 Å². The van der Waals surface area contributed by atoms with Crippen LogP contribution in [0.5, 0.6) is 0 Å². The van der Waals surface area contributed by atoms with Crippen molar-refractivity contribution in [2.24, 2.45) is 11.7 Å². The summed E-state index contributed by atoms with van der Waals surface area (Å²) in [5.74, 6) is -0.834. The van der Waals surface area contributed by atoms with Gasteiger partial charge in [0.25, 0.3) is 0 Å². The first-order valence-electron chi connectivity index (χ1n) is 7.33. The van der Waals surface area contributed by atoms with E-state index in [0.717, 1.165) is 25.7 Å². The summed E-state index contributed by atoms with van der Waals surface area (Å²) in [6.07, 6.45) is 4.02. The van der Waals surface area contributed by atoms with Gasteiger partial charge in [-0.1, -0.05) is 19.8 Å². The molecule has 0 aromatic rings. The second-order valence-electron chi connectivity index (χ2n) is 5.36. The molecule has 7 heteroatoms. The Hall–Kier alpha value is -0.660. The Morgan fingerprint density at radius 1 is 1.35 bits per heavy atom. The van der Waals surface area contributed by atoms with Crippen LogP contribution in [0.1, 0.15) is 45.4 Å². The Labute approximate surface area is 121 Å². The van der Waals surface area contributed by atoms with Crippen LogP contribution in [-0.4, -0.2) is 48.7 Å². The SMILES string of the molecule is CCN(C1CCCCC1CN)S(=O)(=O)CCCC(=O)O. The molecule has 6 nitrogen and oxygen atoms in total. The van der Waals surface area contributed by atoms with Crippen LogP contribution in [0.3, 0.4) is 0 Å². The molecule has 1 fully saturated rings. The molecule has 0 bridgehead atoms. The molecule has 1 aliphatic carbocycles.